The van der Waals surface area contributed by atoms with Crippen molar-refractivity contribution >= 4 is 39.4 Å². The number of carbonyl (C=O) groups excluding carboxylic acids is 1. The quantitative estimate of drug-likeness (QED) is 0.774. The fourth-order valence-electron chi connectivity index (χ4n) is 1.44. The molecule has 0 fully saturated rings. The topological polar surface area (TPSA) is 76.0 Å². The van der Waals surface area contributed by atoms with E-state index < -0.39 is 17.2 Å². The highest BCUT2D eigenvalue weighted by atomic mass is 127. The molecule has 1 heterocycles. The average Bonchev–Trinajstić information content (AvgIpc) is 2.19. The van der Waals surface area contributed by atoms with E-state index in [0.29, 0.717) is 3.57 Å². The van der Waals surface area contributed by atoms with Crippen LogP contribution in [0.15, 0.2) is 23.1 Å². The van der Waals surface area contributed by atoms with E-state index in [0.717, 1.165) is 6.20 Å². The molecule has 0 aliphatic heterocycles. The van der Waals surface area contributed by atoms with Crippen molar-refractivity contribution in [1.29, 1.82) is 0 Å². The first-order valence-electron chi connectivity index (χ1n) is 4.31. The van der Waals surface area contributed by atoms with Crippen molar-refractivity contribution in [2.45, 2.75) is 0 Å². The highest BCUT2D eigenvalue weighted by Gasteiger charge is 2.12. The van der Waals surface area contributed by atoms with Gasteiger partial charge in [0.2, 0.25) is 5.43 Å². The minimum absolute atomic E-state index is 0.0791. The lowest BCUT2D eigenvalue weighted by molar-refractivity contribution is 0.0999. The van der Waals surface area contributed by atoms with Gasteiger partial charge in [-0.05, 0) is 34.7 Å². The van der Waals surface area contributed by atoms with Gasteiger partial charge in [0.25, 0.3) is 5.91 Å². The lowest BCUT2D eigenvalue weighted by Gasteiger charge is -2.02. The Balaban J connectivity index is 2.95. The molecule has 6 heteroatoms. The molecule has 1 amide bonds. The number of hydrogen-bond acceptors (Lipinski definition) is 2. The zero-order valence-corrected chi connectivity index (χ0v) is 10.0. The van der Waals surface area contributed by atoms with Gasteiger partial charge >= 0.3 is 0 Å². The molecule has 0 atom stereocenters. The molecule has 0 bridgehead atoms. The highest BCUT2D eigenvalue weighted by Crippen LogP contribution is 2.16. The fourth-order valence-corrected chi connectivity index (χ4v) is 2.02. The standard InChI is InChI=1S/C10H6FIN2O2/c11-7-2-4(12)1-5-8(7)14-3-6(9(5)15)10(13)16/h1-3H,(H2,13,16)(H,14,15). The molecule has 0 aliphatic rings. The van der Waals surface area contributed by atoms with Gasteiger partial charge in [-0.15, -0.1) is 0 Å². The number of nitrogens with two attached hydrogens (primary N) is 1. The average molecular weight is 332 g/mol. The first-order chi connectivity index (χ1) is 7.50. The minimum Gasteiger partial charge on any atom is -0.365 e. The third kappa shape index (κ3) is 1.69. The lowest BCUT2D eigenvalue weighted by Crippen LogP contribution is -2.22. The Kier molecular flexibility index (Phi) is 2.66. The third-order valence-corrected chi connectivity index (χ3v) is 2.79. The molecule has 2 aromatic rings. The van der Waals surface area contributed by atoms with E-state index in [9.17, 15) is 14.0 Å². The maximum atomic E-state index is 13.5. The van der Waals surface area contributed by atoms with Crippen molar-refractivity contribution < 1.29 is 9.18 Å². The summed E-state index contributed by atoms with van der Waals surface area (Å²) in [6.07, 6.45) is 1.13. The summed E-state index contributed by atoms with van der Waals surface area (Å²) in [6.45, 7) is 0. The van der Waals surface area contributed by atoms with Crippen molar-refractivity contribution in [2.75, 3.05) is 0 Å². The van der Waals surface area contributed by atoms with E-state index in [1.807, 2.05) is 22.6 Å². The number of amides is 1. The predicted octanol–water partition coefficient (Wildman–Crippen LogP) is 1.37. The number of benzene rings is 1. The van der Waals surface area contributed by atoms with Crippen LogP contribution in [0.5, 0.6) is 0 Å². The van der Waals surface area contributed by atoms with Crippen LogP contribution in [0.2, 0.25) is 0 Å². The normalized spacial score (nSPS) is 10.6. The van der Waals surface area contributed by atoms with Crippen LogP contribution in [0.25, 0.3) is 10.9 Å². The molecule has 2 rings (SSSR count). The van der Waals surface area contributed by atoms with Crippen molar-refractivity contribution in [3.05, 3.63) is 43.5 Å². The molecule has 4 nitrogen and oxygen atoms in total. The number of aromatic amines is 1. The van der Waals surface area contributed by atoms with Crippen LogP contribution >= 0.6 is 22.6 Å². The molecule has 1 aromatic carbocycles. The van der Waals surface area contributed by atoms with Gasteiger partial charge in [-0.2, -0.15) is 0 Å². The molecule has 1 aromatic heterocycles. The van der Waals surface area contributed by atoms with Crippen LogP contribution in [0.4, 0.5) is 4.39 Å². The molecule has 3 N–H and O–H groups in total. The van der Waals surface area contributed by atoms with Crippen LogP contribution in [-0.4, -0.2) is 10.9 Å². The molecule has 16 heavy (non-hydrogen) atoms. The first kappa shape index (κ1) is 11.1. The number of primary amides is 1. The predicted molar refractivity (Wildman–Crippen MR) is 65.8 cm³/mol. The van der Waals surface area contributed by atoms with E-state index in [1.54, 1.807) is 0 Å². The summed E-state index contributed by atoms with van der Waals surface area (Å²) in [7, 11) is 0. The highest BCUT2D eigenvalue weighted by molar-refractivity contribution is 14.1. The van der Waals surface area contributed by atoms with Crippen molar-refractivity contribution in [2.24, 2.45) is 5.73 Å². The molecule has 0 spiro atoms. The van der Waals surface area contributed by atoms with Gasteiger partial charge < -0.3 is 10.7 Å². The van der Waals surface area contributed by atoms with Gasteiger partial charge in [0.05, 0.1) is 10.9 Å². The first-order valence-corrected chi connectivity index (χ1v) is 5.39. The number of H-pyrrole nitrogens is 1. The lowest BCUT2D eigenvalue weighted by atomic mass is 10.1. The Labute approximate surface area is 103 Å². The number of rotatable bonds is 1. The molecule has 0 radical (unpaired) electrons. The minimum atomic E-state index is -0.831. The molecule has 0 saturated heterocycles. The van der Waals surface area contributed by atoms with Crippen LogP contribution in [-0.2, 0) is 0 Å². The Morgan fingerprint density at radius 1 is 1.44 bits per heavy atom. The summed E-state index contributed by atoms with van der Waals surface area (Å²) in [4.78, 5) is 25.3. The number of aromatic nitrogens is 1. The fraction of sp³-hybridized carbons (Fsp3) is 0. The molecule has 82 valence electrons. The zero-order valence-electron chi connectivity index (χ0n) is 7.88. The van der Waals surface area contributed by atoms with Crippen LogP contribution in [0.3, 0.4) is 0 Å². The van der Waals surface area contributed by atoms with Gasteiger partial charge in [0.15, 0.2) is 0 Å². The number of pyridine rings is 1. The maximum Gasteiger partial charge on any atom is 0.254 e. The summed E-state index contributed by atoms with van der Waals surface area (Å²) in [5, 5.41) is 0.126. The number of nitrogens with one attached hydrogen (secondary N) is 1. The van der Waals surface area contributed by atoms with Crippen LogP contribution < -0.4 is 11.2 Å². The van der Waals surface area contributed by atoms with E-state index in [-0.39, 0.29) is 16.5 Å². The van der Waals surface area contributed by atoms with E-state index in [2.05, 4.69) is 4.98 Å². The third-order valence-electron chi connectivity index (χ3n) is 2.17. The van der Waals surface area contributed by atoms with Crippen LogP contribution in [0.1, 0.15) is 10.4 Å². The molecule has 0 aliphatic carbocycles. The summed E-state index contributed by atoms with van der Waals surface area (Å²) in [6, 6.07) is 2.80. The van der Waals surface area contributed by atoms with Gasteiger partial charge in [-0.3, -0.25) is 9.59 Å². The zero-order chi connectivity index (χ0) is 11.9. The van der Waals surface area contributed by atoms with Gasteiger partial charge in [0, 0.05) is 9.77 Å². The van der Waals surface area contributed by atoms with Gasteiger partial charge in [-0.25, -0.2) is 4.39 Å². The van der Waals surface area contributed by atoms with Gasteiger partial charge in [-0.1, -0.05) is 0 Å². The second kappa shape index (κ2) is 3.85. The van der Waals surface area contributed by atoms with Crippen molar-refractivity contribution in [3.63, 3.8) is 0 Å². The Morgan fingerprint density at radius 2 is 2.12 bits per heavy atom. The number of fused-ring (bicyclic) bond motifs is 1. The Morgan fingerprint density at radius 3 is 2.75 bits per heavy atom. The summed E-state index contributed by atoms with van der Waals surface area (Å²) >= 11 is 1.89. The summed E-state index contributed by atoms with van der Waals surface area (Å²) < 4.78 is 14.0. The number of hydrogen-bond donors (Lipinski definition) is 2. The Bertz CT molecular complexity index is 651. The Hall–Kier alpha value is -1.44. The second-order valence-corrected chi connectivity index (χ2v) is 4.45. The molecule has 0 saturated carbocycles. The summed E-state index contributed by atoms with van der Waals surface area (Å²) in [5.74, 6) is -1.36. The summed E-state index contributed by atoms with van der Waals surface area (Å²) in [5.41, 5.74) is 4.38. The molecular weight excluding hydrogens is 326 g/mol. The largest absolute Gasteiger partial charge is 0.365 e. The van der Waals surface area contributed by atoms with E-state index in [1.165, 1.54) is 12.1 Å². The smallest absolute Gasteiger partial charge is 0.254 e. The van der Waals surface area contributed by atoms with Gasteiger partial charge in [0.1, 0.15) is 11.4 Å². The number of halogens is 2. The monoisotopic (exact) mass is 332 g/mol. The second-order valence-electron chi connectivity index (χ2n) is 3.21. The molecule has 0 unspecified atom stereocenters. The van der Waals surface area contributed by atoms with Crippen molar-refractivity contribution in [3.8, 4) is 0 Å². The van der Waals surface area contributed by atoms with E-state index in [4.69, 9.17) is 5.73 Å². The number of carbonyl (C=O) groups is 1. The van der Waals surface area contributed by atoms with Crippen LogP contribution in [0, 0.1) is 9.39 Å². The molecular formula is C10H6FIN2O2. The van der Waals surface area contributed by atoms with E-state index >= 15 is 0 Å². The van der Waals surface area contributed by atoms with Crippen molar-refractivity contribution in [1.82, 2.24) is 4.98 Å². The SMILES string of the molecule is NC(=O)c1c[nH]c2c(F)cc(I)cc2c1=O. The maximum absolute atomic E-state index is 13.5.